The average Bonchev–Trinajstić information content (AvgIpc) is 2.77. The first-order valence-corrected chi connectivity index (χ1v) is 6.00. The zero-order valence-electron chi connectivity index (χ0n) is 11.3. The number of rotatable bonds is 3. The Bertz CT molecular complexity index is 559. The van der Waals surface area contributed by atoms with Gasteiger partial charge in [-0.2, -0.15) is 5.10 Å². The van der Waals surface area contributed by atoms with Gasteiger partial charge in [-0.1, -0.05) is 12.1 Å². The second-order valence-corrected chi connectivity index (χ2v) is 4.54. The van der Waals surface area contributed by atoms with Gasteiger partial charge < -0.3 is 10.2 Å². The molecule has 1 heterocycles. The van der Waals surface area contributed by atoms with Crippen LogP contribution < -0.4 is 5.32 Å². The van der Waals surface area contributed by atoms with Gasteiger partial charge in [0.1, 0.15) is 5.82 Å². The fourth-order valence-corrected chi connectivity index (χ4v) is 1.59. The number of nitrogens with one attached hydrogen (secondary N) is 2. The van der Waals surface area contributed by atoms with Crippen molar-refractivity contribution in [1.29, 1.82) is 0 Å². The normalized spacial score (nSPS) is 10.3. The van der Waals surface area contributed by atoms with Crippen molar-refractivity contribution in [2.45, 2.75) is 13.3 Å². The smallest absolute Gasteiger partial charge is 0.321 e. The van der Waals surface area contributed by atoms with Crippen molar-refractivity contribution in [2.75, 3.05) is 19.4 Å². The monoisotopic (exact) mass is 259 g/mol. The summed E-state index contributed by atoms with van der Waals surface area (Å²) < 4.78 is 0. The molecule has 2 amide bonds. The van der Waals surface area contributed by atoms with E-state index in [1.165, 1.54) is 4.90 Å². The van der Waals surface area contributed by atoms with Crippen LogP contribution in [0.2, 0.25) is 0 Å². The molecule has 0 unspecified atom stereocenters. The van der Waals surface area contributed by atoms with E-state index >= 15 is 0 Å². The molecule has 6 heteroatoms. The van der Waals surface area contributed by atoms with Gasteiger partial charge in [0.15, 0.2) is 5.82 Å². The summed E-state index contributed by atoms with van der Waals surface area (Å²) in [6.07, 6.45) is 0.673. The number of hydrogen-bond acceptors (Lipinski definition) is 3. The molecule has 0 spiro atoms. The highest BCUT2D eigenvalue weighted by Crippen LogP contribution is 2.12. The lowest BCUT2D eigenvalue weighted by Gasteiger charge is -2.12. The zero-order chi connectivity index (χ0) is 13.8. The summed E-state index contributed by atoms with van der Waals surface area (Å²) >= 11 is 0. The summed E-state index contributed by atoms with van der Waals surface area (Å²) in [6.45, 7) is 1.87. The van der Waals surface area contributed by atoms with Gasteiger partial charge >= 0.3 is 6.03 Å². The standard InChI is InChI=1S/C13H17N5O/c1-9-14-12(17-16-9)8-10-4-6-11(7-5-10)15-13(19)18(2)3/h4-7H,8H2,1-3H3,(H,15,19)(H,14,16,17). The van der Waals surface area contributed by atoms with Crippen molar-refractivity contribution in [3.05, 3.63) is 41.5 Å². The third-order valence-electron chi connectivity index (χ3n) is 2.62. The molecule has 6 nitrogen and oxygen atoms in total. The van der Waals surface area contributed by atoms with E-state index in [1.807, 2.05) is 31.2 Å². The molecule has 1 aromatic carbocycles. The lowest BCUT2D eigenvalue weighted by atomic mass is 10.1. The van der Waals surface area contributed by atoms with E-state index in [-0.39, 0.29) is 6.03 Å². The number of carbonyl (C=O) groups is 1. The Morgan fingerprint density at radius 2 is 2.00 bits per heavy atom. The number of benzene rings is 1. The van der Waals surface area contributed by atoms with Crippen LogP contribution in [0.15, 0.2) is 24.3 Å². The summed E-state index contributed by atoms with van der Waals surface area (Å²) in [6, 6.07) is 7.51. The van der Waals surface area contributed by atoms with Gasteiger partial charge in [0.2, 0.25) is 0 Å². The summed E-state index contributed by atoms with van der Waals surface area (Å²) in [5.74, 6) is 1.58. The number of hydrogen-bond donors (Lipinski definition) is 2. The summed E-state index contributed by atoms with van der Waals surface area (Å²) in [5, 5.41) is 9.69. The number of urea groups is 1. The molecule has 2 aromatic rings. The van der Waals surface area contributed by atoms with Gasteiger partial charge in [-0.05, 0) is 24.6 Å². The van der Waals surface area contributed by atoms with Crippen LogP contribution in [0.25, 0.3) is 0 Å². The Labute approximate surface area is 111 Å². The van der Waals surface area contributed by atoms with Crippen LogP contribution in [-0.2, 0) is 6.42 Å². The molecule has 0 aliphatic heterocycles. The molecule has 2 rings (SSSR count). The largest absolute Gasteiger partial charge is 0.331 e. The molecule has 0 aliphatic rings. The highest BCUT2D eigenvalue weighted by molar-refractivity contribution is 5.88. The molecule has 0 bridgehead atoms. The topological polar surface area (TPSA) is 73.9 Å². The molecule has 19 heavy (non-hydrogen) atoms. The summed E-state index contributed by atoms with van der Waals surface area (Å²) in [7, 11) is 3.41. The highest BCUT2D eigenvalue weighted by atomic mass is 16.2. The molecule has 2 N–H and O–H groups in total. The Kier molecular flexibility index (Phi) is 3.79. The van der Waals surface area contributed by atoms with E-state index in [9.17, 15) is 4.79 Å². The van der Waals surface area contributed by atoms with Gasteiger partial charge in [0, 0.05) is 26.2 Å². The fourth-order valence-electron chi connectivity index (χ4n) is 1.59. The molecular formula is C13H17N5O. The van der Waals surface area contributed by atoms with E-state index in [0.717, 1.165) is 22.9 Å². The van der Waals surface area contributed by atoms with Crippen LogP contribution in [0.4, 0.5) is 10.5 Å². The van der Waals surface area contributed by atoms with Gasteiger partial charge in [0.25, 0.3) is 0 Å². The number of amides is 2. The maximum absolute atomic E-state index is 11.5. The van der Waals surface area contributed by atoms with E-state index in [4.69, 9.17) is 0 Å². The quantitative estimate of drug-likeness (QED) is 0.882. The molecular weight excluding hydrogens is 242 g/mol. The summed E-state index contributed by atoms with van der Waals surface area (Å²) in [5.41, 5.74) is 1.87. The van der Waals surface area contributed by atoms with E-state index < -0.39 is 0 Å². The second kappa shape index (κ2) is 5.51. The molecule has 1 aromatic heterocycles. The third-order valence-corrected chi connectivity index (χ3v) is 2.62. The fraction of sp³-hybridized carbons (Fsp3) is 0.308. The number of H-pyrrole nitrogens is 1. The van der Waals surface area contributed by atoms with E-state index in [1.54, 1.807) is 14.1 Å². The first kappa shape index (κ1) is 13.1. The highest BCUT2D eigenvalue weighted by Gasteiger charge is 2.05. The Morgan fingerprint density at radius 3 is 2.53 bits per heavy atom. The van der Waals surface area contributed by atoms with E-state index in [2.05, 4.69) is 20.5 Å². The number of nitrogens with zero attached hydrogens (tertiary/aromatic N) is 3. The van der Waals surface area contributed by atoms with Crippen LogP contribution in [0.3, 0.4) is 0 Å². The molecule has 0 fully saturated rings. The van der Waals surface area contributed by atoms with Crippen LogP contribution in [0, 0.1) is 6.92 Å². The van der Waals surface area contributed by atoms with Crippen molar-refractivity contribution in [1.82, 2.24) is 20.1 Å². The maximum atomic E-state index is 11.5. The molecule has 0 saturated carbocycles. The molecule has 0 atom stereocenters. The Hall–Kier alpha value is -2.37. The van der Waals surface area contributed by atoms with E-state index in [0.29, 0.717) is 6.42 Å². The van der Waals surface area contributed by atoms with Gasteiger partial charge in [-0.25, -0.2) is 9.78 Å². The minimum absolute atomic E-state index is 0.141. The zero-order valence-corrected chi connectivity index (χ0v) is 11.3. The van der Waals surface area contributed by atoms with Gasteiger partial charge in [-0.3, -0.25) is 5.10 Å². The van der Waals surface area contributed by atoms with Crippen LogP contribution >= 0.6 is 0 Å². The molecule has 0 saturated heterocycles. The van der Waals surface area contributed by atoms with Crippen LogP contribution in [0.1, 0.15) is 17.2 Å². The third kappa shape index (κ3) is 3.54. The number of anilines is 1. The lowest BCUT2D eigenvalue weighted by molar-refractivity contribution is 0.230. The first-order valence-electron chi connectivity index (χ1n) is 6.00. The minimum Gasteiger partial charge on any atom is -0.331 e. The van der Waals surface area contributed by atoms with Gasteiger partial charge in [-0.15, -0.1) is 0 Å². The molecule has 0 radical (unpaired) electrons. The Morgan fingerprint density at radius 1 is 1.32 bits per heavy atom. The predicted octanol–water partition coefficient (Wildman–Crippen LogP) is 1.80. The van der Waals surface area contributed by atoms with Crippen LogP contribution in [-0.4, -0.2) is 40.2 Å². The van der Waals surface area contributed by atoms with Gasteiger partial charge in [0.05, 0.1) is 0 Å². The SMILES string of the molecule is Cc1nc(Cc2ccc(NC(=O)N(C)C)cc2)n[nH]1. The number of aromatic nitrogens is 3. The Balaban J connectivity index is 2.00. The predicted molar refractivity (Wildman–Crippen MR) is 73.1 cm³/mol. The number of carbonyl (C=O) groups excluding carboxylic acids is 1. The molecule has 0 aliphatic carbocycles. The number of aryl methyl sites for hydroxylation is 1. The van der Waals surface area contributed by atoms with Crippen molar-refractivity contribution >= 4 is 11.7 Å². The first-order chi connectivity index (χ1) is 9.04. The van der Waals surface area contributed by atoms with Crippen molar-refractivity contribution in [3.8, 4) is 0 Å². The van der Waals surface area contributed by atoms with Crippen molar-refractivity contribution in [2.24, 2.45) is 0 Å². The molecule has 100 valence electrons. The average molecular weight is 259 g/mol. The lowest BCUT2D eigenvalue weighted by Crippen LogP contribution is -2.27. The maximum Gasteiger partial charge on any atom is 0.321 e. The second-order valence-electron chi connectivity index (χ2n) is 4.54. The van der Waals surface area contributed by atoms with Crippen molar-refractivity contribution < 1.29 is 4.79 Å². The summed E-state index contributed by atoms with van der Waals surface area (Å²) in [4.78, 5) is 17.2. The van der Waals surface area contributed by atoms with Crippen molar-refractivity contribution in [3.63, 3.8) is 0 Å². The minimum atomic E-state index is -0.141. The number of aromatic amines is 1. The van der Waals surface area contributed by atoms with Crippen LogP contribution in [0.5, 0.6) is 0 Å².